The fourth-order valence-electron chi connectivity index (χ4n) is 2.91. The summed E-state index contributed by atoms with van der Waals surface area (Å²) in [5.74, 6) is -5.36. The molecule has 0 saturated carbocycles. The number of amides is 1. The summed E-state index contributed by atoms with van der Waals surface area (Å²) in [4.78, 5) is 32.9. The number of carbonyl (C=O) groups is 3. The molecule has 0 atom stereocenters. The predicted molar refractivity (Wildman–Crippen MR) is 119 cm³/mol. The summed E-state index contributed by atoms with van der Waals surface area (Å²) in [5.41, 5.74) is -5.63. The number of rotatable bonds is 6. The van der Waals surface area contributed by atoms with E-state index in [2.05, 4.69) is 5.32 Å². The molecule has 0 bridgehead atoms. The average Bonchev–Trinajstić information content (AvgIpc) is 2.79. The summed E-state index contributed by atoms with van der Waals surface area (Å²) in [6.07, 6.45) is -16.3. The highest BCUT2D eigenvalue weighted by Crippen LogP contribution is 2.36. The topological polar surface area (TPSA) is 102 Å². The zero-order valence-corrected chi connectivity index (χ0v) is 21.1. The van der Waals surface area contributed by atoms with Gasteiger partial charge in [0.1, 0.15) is 17.2 Å². The lowest BCUT2D eigenvalue weighted by Gasteiger charge is -2.25. The molecule has 0 aromatic heterocycles. The SMILES string of the molecule is CCNC(=O)OC(C)(C)Cc1cc(OC(=O)c2cc(C(F)(F)F)cc(C(F)(F)F)c2)ccc1F.O=C(O)C(F)(F)F. The number of alkyl halides is 9. The molecule has 41 heavy (non-hydrogen) atoms. The Hall–Kier alpha value is -4.05. The molecule has 17 heteroatoms. The Morgan fingerprint density at radius 2 is 1.34 bits per heavy atom. The first-order chi connectivity index (χ1) is 18.5. The minimum atomic E-state index is -5.14. The van der Waals surface area contributed by atoms with Crippen molar-refractivity contribution in [3.63, 3.8) is 0 Å². The molecule has 0 saturated heterocycles. The molecule has 2 rings (SSSR count). The maximum atomic E-state index is 14.3. The number of hydrogen-bond donors (Lipinski definition) is 2. The molecule has 2 aromatic rings. The highest BCUT2D eigenvalue weighted by Gasteiger charge is 2.39. The number of esters is 1. The minimum Gasteiger partial charge on any atom is -0.475 e. The van der Waals surface area contributed by atoms with Crippen molar-refractivity contribution in [1.29, 1.82) is 0 Å². The van der Waals surface area contributed by atoms with E-state index in [1.165, 1.54) is 13.8 Å². The molecule has 228 valence electrons. The Bertz CT molecular complexity index is 1220. The average molecular weight is 609 g/mol. The zero-order valence-electron chi connectivity index (χ0n) is 21.1. The largest absolute Gasteiger partial charge is 0.490 e. The minimum absolute atomic E-state index is 0.0698. The van der Waals surface area contributed by atoms with Gasteiger partial charge in [0.15, 0.2) is 0 Å². The van der Waals surface area contributed by atoms with Crippen LogP contribution in [0.15, 0.2) is 36.4 Å². The van der Waals surface area contributed by atoms with E-state index in [4.69, 9.17) is 19.4 Å². The summed E-state index contributed by atoms with van der Waals surface area (Å²) in [7, 11) is 0. The van der Waals surface area contributed by atoms with E-state index in [1.54, 1.807) is 6.92 Å². The normalized spacial score (nSPS) is 12.1. The van der Waals surface area contributed by atoms with Crippen molar-refractivity contribution in [2.75, 3.05) is 6.54 Å². The van der Waals surface area contributed by atoms with Crippen molar-refractivity contribution in [2.24, 2.45) is 0 Å². The summed E-state index contributed by atoms with van der Waals surface area (Å²) in [6.45, 7) is 4.93. The van der Waals surface area contributed by atoms with Crippen LogP contribution in [-0.2, 0) is 28.3 Å². The van der Waals surface area contributed by atoms with Crippen molar-refractivity contribution in [3.05, 3.63) is 64.5 Å². The van der Waals surface area contributed by atoms with Crippen LogP contribution in [0.2, 0.25) is 0 Å². The maximum Gasteiger partial charge on any atom is 0.490 e. The van der Waals surface area contributed by atoms with Crippen LogP contribution in [0, 0.1) is 5.82 Å². The maximum absolute atomic E-state index is 14.3. The van der Waals surface area contributed by atoms with Gasteiger partial charge in [0.2, 0.25) is 0 Å². The van der Waals surface area contributed by atoms with E-state index >= 15 is 0 Å². The Morgan fingerprint density at radius 1 is 0.854 bits per heavy atom. The highest BCUT2D eigenvalue weighted by atomic mass is 19.4. The number of carboxylic acid groups (broad SMARTS) is 1. The summed E-state index contributed by atoms with van der Waals surface area (Å²) in [6, 6.07) is 3.24. The van der Waals surface area contributed by atoms with Gasteiger partial charge in [0, 0.05) is 13.0 Å². The van der Waals surface area contributed by atoms with E-state index in [1.807, 2.05) is 0 Å². The van der Waals surface area contributed by atoms with Crippen LogP contribution < -0.4 is 10.1 Å². The Kier molecular flexibility index (Phi) is 11.2. The van der Waals surface area contributed by atoms with Crippen molar-refractivity contribution in [3.8, 4) is 5.75 Å². The van der Waals surface area contributed by atoms with Crippen LogP contribution in [0.4, 0.5) is 48.7 Å². The van der Waals surface area contributed by atoms with Gasteiger partial charge in [-0.1, -0.05) is 0 Å². The van der Waals surface area contributed by atoms with Crippen molar-refractivity contribution < 1.29 is 72.9 Å². The number of benzene rings is 2. The monoisotopic (exact) mass is 609 g/mol. The van der Waals surface area contributed by atoms with Crippen LogP contribution in [0.3, 0.4) is 0 Å². The molecule has 7 nitrogen and oxygen atoms in total. The lowest BCUT2D eigenvalue weighted by molar-refractivity contribution is -0.192. The Labute approximate surface area is 225 Å². The smallest absolute Gasteiger partial charge is 0.475 e. The lowest BCUT2D eigenvalue weighted by atomic mass is 9.97. The van der Waals surface area contributed by atoms with E-state index in [0.717, 1.165) is 18.2 Å². The molecule has 2 aromatic carbocycles. The van der Waals surface area contributed by atoms with Crippen LogP contribution >= 0.6 is 0 Å². The van der Waals surface area contributed by atoms with E-state index in [-0.39, 0.29) is 35.9 Å². The van der Waals surface area contributed by atoms with Crippen LogP contribution in [0.25, 0.3) is 0 Å². The van der Waals surface area contributed by atoms with Gasteiger partial charge in [0.05, 0.1) is 16.7 Å². The molecule has 0 aliphatic heterocycles. The van der Waals surface area contributed by atoms with E-state index < -0.39 is 64.7 Å². The first kappa shape index (κ1) is 35.0. The summed E-state index contributed by atoms with van der Waals surface area (Å²) >= 11 is 0. The van der Waals surface area contributed by atoms with Gasteiger partial charge in [0.25, 0.3) is 0 Å². The molecule has 1 amide bonds. The second-order valence-corrected chi connectivity index (χ2v) is 8.60. The first-order valence-electron chi connectivity index (χ1n) is 11.0. The molecule has 0 spiro atoms. The predicted octanol–water partition coefficient (Wildman–Crippen LogP) is 6.78. The van der Waals surface area contributed by atoms with Crippen LogP contribution in [0.5, 0.6) is 5.75 Å². The highest BCUT2D eigenvalue weighted by molar-refractivity contribution is 5.91. The Morgan fingerprint density at radius 3 is 1.76 bits per heavy atom. The molecule has 0 radical (unpaired) electrons. The van der Waals surface area contributed by atoms with E-state index in [9.17, 15) is 53.5 Å². The third kappa shape index (κ3) is 11.5. The molecule has 0 aliphatic carbocycles. The van der Waals surface area contributed by atoms with Crippen molar-refractivity contribution >= 4 is 18.0 Å². The van der Waals surface area contributed by atoms with Gasteiger partial charge in [-0.05, 0) is 62.7 Å². The molecule has 2 N–H and O–H groups in total. The van der Waals surface area contributed by atoms with Gasteiger partial charge in [-0.25, -0.2) is 18.8 Å². The molecule has 0 heterocycles. The second kappa shape index (κ2) is 13.1. The van der Waals surface area contributed by atoms with Crippen LogP contribution in [-0.4, -0.2) is 41.5 Å². The third-order valence-electron chi connectivity index (χ3n) is 4.60. The number of alkyl carbamates (subject to hydrolysis) is 1. The number of hydrogen-bond acceptors (Lipinski definition) is 5. The first-order valence-corrected chi connectivity index (χ1v) is 11.0. The van der Waals surface area contributed by atoms with Crippen molar-refractivity contribution in [2.45, 2.75) is 51.3 Å². The van der Waals surface area contributed by atoms with Crippen LogP contribution in [0.1, 0.15) is 47.8 Å². The number of aliphatic carboxylic acids is 1. The second-order valence-electron chi connectivity index (χ2n) is 8.60. The number of carbonyl (C=O) groups excluding carboxylic acids is 2. The molecular formula is C24H21F10NO6. The number of ether oxygens (including phenoxy) is 2. The molecule has 0 unspecified atom stereocenters. The summed E-state index contributed by atoms with van der Waals surface area (Å²) < 4.78 is 134. The van der Waals surface area contributed by atoms with Gasteiger partial charge in [-0.15, -0.1) is 0 Å². The number of halogens is 10. The van der Waals surface area contributed by atoms with Gasteiger partial charge < -0.3 is 19.9 Å². The van der Waals surface area contributed by atoms with Crippen molar-refractivity contribution in [1.82, 2.24) is 5.32 Å². The molecular weight excluding hydrogens is 588 g/mol. The number of carboxylic acids is 1. The Balaban J connectivity index is 0.00000106. The van der Waals surface area contributed by atoms with Gasteiger partial charge >= 0.3 is 36.6 Å². The fraction of sp³-hybridized carbons (Fsp3) is 0.375. The third-order valence-corrected chi connectivity index (χ3v) is 4.60. The van der Waals surface area contributed by atoms with E-state index in [0.29, 0.717) is 6.54 Å². The lowest BCUT2D eigenvalue weighted by Crippen LogP contribution is -2.36. The standard InChI is InChI=1S/C22H20F7NO4.C2HF3O2/c1-4-30-19(32)34-20(2,3)11-13-9-16(5-6-17(13)23)33-18(31)12-7-14(21(24,25)26)10-15(8-12)22(27,28)29;3-2(4,5)1(6)7/h5-10H,4,11H2,1-3H3,(H,30,32);(H,6,7). The fourth-order valence-corrected chi connectivity index (χ4v) is 2.91. The van der Waals surface area contributed by atoms with Gasteiger partial charge in [-0.3, -0.25) is 0 Å². The molecule has 0 fully saturated rings. The quantitative estimate of drug-likeness (QED) is 0.213. The zero-order chi connectivity index (χ0) is 32.0. The summed E-state index contributed by atoms with van der Waals surface area (Å²) in [5, 5.41) is 9.53. The van der Waals surface area contributed by atoms with Gasteiger partial charge in [-0.2, -0.15) is 39.5 Å². The molecule has 0 aliphatic rings. The number of nitrogens with one attached hydrogen (secondary N) is 1.